The zero-order chi connectivity index (χ0) is 23.7. The summed E-state index contributed by atoms with van der Waals surface area (Å²) in [7, 11) is -3.67. The molecule has 0 saturated carbocycles. The molecule has 0 amide bonds. The molecular weight excluding hydrogens is 436 g/mol. The van der Waals surface area contributed by atoms with Crippen molar-refractivity contribution in [2.75, 3.05) is 6.54 Å². The first-order chi connectivity index (χ1) is 14.9. The average molecular weight is 466 g/mol. The lowest BCUT2D eigenvalue weighted by Crippen LogP contribution is -2.53. The lowest BCUT2D eigenvalue weighted by Gasteiger charge is -2.35. The second kappa shape index (κ2) is 9.27. The number of hydrogen-bond acceptors (Lipinski definition) is 5. The Morgan fingerprint density at radius 3 is 2.31 bits per heavy atom. The molecule has 1 unspecified atom stereocenters. The molecule has 174 valence electrons. The van der Waals surface area contributed by atoms with Crippen LogP contribution in [0.25, 0.3) is 0 Å². The molecule has 1 saturated heterocycles. The maximum absolute atomic E-state index is 14.8. The first-order valence-corrected chi connectivity index (χ1v) is 12.2. The molecule has 1 aliphatic rings. The zero-order valence-corrected chi connectivity index (χ0v) is 19.5. The Morgan fingerprint density at radius 1 is 1.09 bits per heavy atom. The molecule has 0 bridgehead atoms. The Labute approximate surface area is 188 Å². The lowest BCUT2D eigenvalue weighted by atomic mass is 10.0. The standard InChI is InChI=1S/C24H29F2NO4S/c1-15-21(32(29,30)22(14-27-15)16-8-6-5-7-9-16)12-17-10-20(26)18(11-19(17)25)13-23(28)31-24(2,3)4/h5-11,15,21-22,27H,12-14H2,1-4H3/t15-,21?,22-/m0/s1. The van der Waals surface area contributed by atoms with Gasteiger partial charge in [-0.2, -0.15) is 0 Å². The van der Waals surface area contributed by atoms with E-state index in [2.05, 4.69) is 5.32 Å². The molecule has 3 rings (SSSR count). The smallest absolute Gasteiger partial charge is 0.310 e. The number of ether oxygens (including phenoxy) is 1. The molecule has 0 aromatic heterocycles. The SMILES string of the molecule is C[C@@H]1NC[C@@H](c2ccccc2)S(=O)(=O)C1Cc1cc(F)c(CC(=O)OC(C)(C)C)cc1F. The molecule has 32 heavy (non-hydrogen) atoms. The fourth-order valence-corrected chi connectivity index (χ4v) is 6.34. The minimum atomic E-state index is -3.67. The summed E-state index contributed by atoms with van der Waals surface area (Å²) >= 11 is 0. The summed E-state index contributed by atoms with van der Waals surface area (Å²) in [5.41, 5.74) is -0.234. The second-order valence-corrected chi connectivity index (χ2v) is 11.6. The third-order valence-corrected chi connectivity index (χ3v) is 8.22. The predicted octanol–water partition coefficient (Wildman–Crippen LogP) is 3.91. The van der Waals surface area contributed by atoms with Gasteiger partial charge in [0.1, 0.15) is 17.2 Å². The number of carbonyl (C=O) groups excluding carboxylic acids is 1. The van der Waals surface area contributed by atoms with Crippen molar-refractivity contribution >= 4 is 15.8 Å². The van der Waals surface area contributed by atoms with Crippen LogP contribution in [0, 0.1) is 11.6 Å². The minimum absolute atomic E-state index is 0.0358. The molecule has 8 heteroatoms. The summed E-state index contributed by atoms with van der Waals surface area (Å²) in [5.74, 6) is -2.17. The number of nitrogens with one attached hydrogen (secondary N) is 1. The van der Waals surface area contributed by atoms with Crippen LogP contribution in [-0.4, -0.2) is 37.8 Å². The molecule has 0 radical (unpaired) electrons. The van der Waals surface area contributed by atoms with Crippen LogP contribution in [0.5, 0.6) is 0 Å². The lowest BCUT2D eigenvalue weighted by molar-refractivity contribution is -0.153. The van der Waals surface area contributed by atoms with Gasteiger partial charge in [-0.3, -0.25) is 4.79 Å². The van der Waals surface area contributed by atoms with Crippen molar-refractivity contribution in [3.63, 3.8) is 0 Å². The van der Waals surface area contributed by atoms with Gasteiger partial charge in [-0.15, -0.1) is 0 Å². The van der Waals surface area contributed by atoms with Crippen LogP contribution in [0.15, 0.2) is 42.5 Å². The monoisotopic (exact) mass is 465 g/mol. The van der Waals surface area contributed by atoms with E-state index in [0.29, 0.717) is 5.56 Å². The largest absolute Gasteiger partial charge is 0.460 e. The van der Waals surface area contributed by atoms with Crippen molar-refractivity contribution in [2.24, 2.45) is 0 Å². The van der Waals surface area contributed by atoms with E-state index in [-0.39, 0.29) is 24.1 Å². The number of esters is 1. The third-order valence-electron chi connectivity index (χ3n) is 5.56. The summed E-state index contributed by atoms with van der Waals surface area (Å²) < 4.78 is 61.4. The fourth-order valence-electron chi connectivity index (χ4n) is 3.98. The molecular formula is C24H29F2NO4S. The molecule has 3 atom stereocenters. The number of sulfone groups is 1. The van der Waals surface area contributed by atoms with Crippen molar-refractivity contribution in [2.45, 2.75) is 62.7 Å². The maximum atomic E-state index is 14.8. The second-order valence-electron chi connectivity index (χ2n) is 9.23. The molecule has 2 aromatic rings. The van der Waals surface area contributed by atoms with Gasteiger partial charge in [0.2, 0.25) is 0 Å². The number of hydrogen-bond donors (Lipinski definition) is 1. The van der Waals surface area contributed by atoms with Gasteiger partial charge in [0.25, 0.3) is 0 Å². The summed E-state index contributed by atoms with van der Waals surface area (Å²) in [4.78, 5) is 12.0. The van der Waals surface area contributed by atoms with Gasteiger partial charge in [0.15, 0.2) is 9.84 Å². The van der Waals surface area contributed by atoms with E-state index in [4.69, 9.17) is 4.74 Å². The van der Waals surface area contributed by atoms with Crippen LogP contribution in [0.3, 0.4) is 0 Å². The molecule has 2 aromatic carbocycles. The van der Waals surface area contributed by atoms with Crippen LogP contribution in [0.4, 0.5) is 8.78 Å². The normalized spacial score (nSPS) is 23.0. The Balaban J connectivity index is 1.84. The highest BCUT2D eigenvalue weighted by molar-refractivity contribution is 7.92. The summed E-state index contributed by atoms with van der Waals surface area (Å²) in [6.45, 7) is 7.05. The van der Waals surface area contributed by atoms with E-state index >= 15 is 0 Å². The van der Waals surface area contributed by atoms with E-state index in [1.807, 2.05) is 6.07 Å². The van der Waals surface area contributed by atoms with Gasteiger partial charge in [0.05, 0.1) is 16.9 Å². The zero-order valence-electron chi connectivity index (χ0n) is 18.7. The van der Waals surface area contributed by atoms with Crippen molar-refractivity contribution in [3.05, 3.63) is 70.8 Å². The van der Waals surface area contributed by atoms with Crippen molar-refractivity contribution in [1.82, 2.24) is 5.32 Å². The van der Waals surface area contributed by atoms with Crippen molar-refractivity contribution < 1.29 is 26.7 Å². The first-order valence-electron chi connectivity index (χ1n) is 10.6. The van der Waals surface area contributed by atoms with Crippen LogP contribution < -0.4 is 5.32 Å². The van der Waals surface area contributed by atoms with Gasteiger partial charge in [-0.05, 0) is 57.4 Å². The Morgan fingerprint density at radius 2 is 1.69 bits per heavy atom. The van der Waals surface area contributed by atoms with Gasteiger partial charge in [-0.25, -0.2) is 17.2 Å². The van der Waals surface area contributed by atoms with Crippen LogP contribution in [-0.2, 0) is 32.2 Å². The van der Waals surface area contributed by atoms with Crippen LogP contribution >= 0.6 is 0 Å². The van der Waals surface area contributed by atoms with Crippen molar-refractivity contribution in [3.8, 4) is 0 Å². The minimum Gasteiger partial charge on any atom is -0.460 e. The quantitative estimate of drug-likeness (QED) is 0.678. The molecule has 0 aliphatic carbocycles. The highest BCUT2D eigenvalue weighted by Crippen LogP contribution is 2.33. The third kappa shape index (κ3) is 5.53. The molecule has 0 spiro atoms. The van der Waals surface area contributed by atoms with E-state index in [1.165, 1.54) is 0 Å². The van der Waals surface area contributed by atoms with Crippen LogP contribution in [0.2, 0.25) is 0 Å². The molecule has 1 aliphatic heterocycles. The topological polar surface area (TPSA) is 72.5 Å². The number of rotatable bonds is 5. The highest BCUT2D eigenvalue weighted by Gasteiger charge is 2.42. The average Bonchev–Trinajstić information content (AvgIpc) is 2.67. The van der Waals surface area contributed by atoms with E-state index in [0.717, 1.165) is 12.1 Å². The van der Waals surface area contributed by atoms with E-state index in [1.54, 1.807) is 52.0 Å². The number of carbonyl (C=O) groups is 1. The maximum Gasteiger partial charge on any atom is 0.310 e. The Kier molecular flexibility index (Phi) is 7.05. The van der Waals surface area contributed by atoms with Gasteiger partial charge in [0, 0.05) is 18.2 Å². The fraction of sp³-hybridized carbons (Fsp3) is 0.458. The molecule has 5 nitrogen and oxygen atoms in total. The van der Waals surface area contributed by atoms with Gasteiger partial charge >= 0.3 is 5.97 Å². The molecule has 1 N–H and O–H groups in total. The summed E-state index contributed by atoms with van der Waals surface area (Å²) in [5, 5.41) is 1.51. The highest BCUT2D eigenvalue weighted by atomic mass is 32.2. The number of halogens is 2. The Hall–Kier alpha value is -2.32. The van der Waals surface area contributed by atoms with Crippen LogP contribution in [0.1, 0.15) is 49.6 Å². The van der Waals surface area contributed by atoms with Gasteiger partial charge < -0.3 is 10.1 Å². The van der Waals surface area contributed by atoms with E-state index in [9.17, 15) is 22.0 Å². The summed E-state index contributed by atoms with van der Waals surface area (Å²) in [6.07, 6.45) is -0.578. The predicted molar refractivity (Wildman–Crippen MR) is 119 cm³/mol. The Bertz CT molecular complexity index is 1080. The molecule has 1 heterocycles. The van der Waals surface area contributed by atoms with E-state index < -0.39 is 56.0 Å². The first kappa shape index (κ1) is 24.3. The van der Waals surface area contributed by atoms with Gasteiger partial charge in [-0.1, -0.05) is 30.3 Å². The summed E-state index contributed by atoms with van der Waals surface area (Å²) in [6, 6.07) is 10.4. The van der Waals surface area contributed by atoms with Crippen molar-refractivity contribution in [1.29, 1.82) is 0 Å². The molecule has 1 fully saturated rings. The number of benzene rings is 2.